The molecule has 102 valence electrons. The summed E-state index contributed by atoms with van der Waals surface area (Å²) in [5, 5.41) is 7.85. The normalized spacial score (nSPS) is 10.9. The molecule has 0 atom stereocenters. The van der Waals surface area contributed by atoms with E-state index in [1.807, 2.05) is 10.9 Å². The van der Waals surface area contributed by atoms with Gasteiger partial charge in [0, 0.05) is 24.8 Å². The molecule has 3 nitrogen and oxygen atoms in total. The van der Waals surface area contributed by atoms with E-state index < -0.39 is 0 Å². The minimum absolute atomic E-state index is 0.912. The first-order valence-corrected chi connectivity index (χ1v) is 7.07. The van der Waals surface area contributed by atoms with E-state index in [4.69, 9.17) is 0 Å². The van der Waals surface area contributed by atoms with Crippen LogP contribution in [-0.2, 0) is 13.1 Å². The van der Waals surface area contributed by atoms with Crippen LogP contribution in [-0.4, -0.2) is 16.3 Å². The van der Waals surface area contributed by atoms with Crippen molar-refractivity contribution in [1.82, 2.24) is 15.1 Å². The van der Waals surface area contributed by atoms with Crippen LogP contribution in [0.5, 0.6) is 0 Å². The van der Waals surface area contributed by atoms with Gasteiger partial charge in [-0.25, -0.2) is 0 Å². The first-order chi connectivity index (χ1) is 9.24. The van der Waals surface area contributed by atoms with Gasteiger partial charge < -0.3 is 5.32 Å². The Bertz CT molecular complexity index is 529. The average Bonchev–Trinajstić information content (AvgIpc) is 2.89. The van der Waals surface area contributed by atoms with E-state index >= 15 is 0 Å². The molecule has 0 fully saturated rings. The molecule has 1 aromatic heterocycles. The molecule has 2 aromatic rings. The zero-order valence-corrected chi connectivity index (χ0v) is 12.1. The lowest BCUT2D eigenvalue weighted by Crippen LogP contribution is -2.14. The van der Waals surface area contributed by atoms with Gasteiger partial charge in [0.25, 0.3) is 0 Å². The second-order valence-electron chi connectivity index (χ2n) is 4.92. The summed E-state index contributed by atoms with van der Waals surface area (Å²) in [4.78, 5) is 0. The van der Waals surface area contributed by atoms with Crippen molar-refractivity contribution in [3.63, 3.8) is 0 Å². The zero-order valence-electron chi connectivity index (χ0n) is 12.1. The monoisotopic (exact) mass is 257 g/mol. The number of nitrogens with zero attached hydrogens (tertiary/aromatic N) is 2. The third kappa shape index (κ3) is 3.44. The molecular weight excluding hydrogens is 234 g/mol. The van der Waals surface area contributed by atoms with Gasteiger partial charge in [-0.2, -0.15) is 5.10 Å². The van der Waals surface area contributed by atoms with E-state index in [-0.39, 0.29) is 0 Å². The van der Waals surface area contributed by atoms with Crippen molar-refractivity contribution in [2.24, 2.45) is 0 Å². The van der Waals surface area contributed by atoms with Crippen molar-refractivity contribution in [2.75, 3.05) is 6.54 Å². The highest BCUT2D eigenvalue weighted by Gasteiger charge is 2.07. The van der Waals surface area contributed by atoms with Crippen molar-refractivity contribution in [3.05, 3.63) is 41.7 Å². The number of nitrogens with one attached hydrogen (secondary N) is 1. The van der Waals surface area contributed by atoms with Crippen LogP contribution in [0.3, 0.4) is 0 Å². The van der Waals surface area contributed by atoms with E-state index in [0.717, 1.165) is 26.1 Å². The number of benzene rings is 1. The fourth-order valence-electron chi connectivity index (χ4n) is 2.19. The lowest BCUT2D eigenvalue weighted by Gasteiger charge is -2.10. The quantitative estimate of drug-likeness (QED) is 0.804. The summed E-state index contributed by atoms with van der Waals surface area (Å²) in [5.41, 5.74) is 5.13. The predicted molar refractivity (Wildman–Crippen MR) is 80.1 cm³/mol. The highest BCUT2D eigenvalue weighted by atomic mass is 15.3. The third-order valence-corrected chi connectivity index (χ3v) is 3.28. The lowest BCUT2D eigenvalue weighted by molar-refractivity contribution is 0.660. The number of hydrogen-bond acceptors (Lipinski definition) is 2. The van der Waals surface area contributed by atoms with Crippen LogP contribution >= 0.6 is 0 Å². The van der Waals surface area contributed by atoms with Crippen molar-refractivity contribution in [1.29, 1.82) is 0 Å². The summed E-state index contributed by atoms with van der Waals surface area (Å²) >= 11 is 0. The van der Waals surface area contributed by atoms with Crippen LogP contribution in [0.1, 0.15) is 31.4 Å². The first-order valence-electron chi connectivity index (χ1n) is 7.07. The standard InChI is InChI=1S/C16H23N3/c1-4-8-17-10-14-7-6-13(3)9-16(14)15-11-18-19(5-2)12-15/h6-7,9,11-12,17H,4-5,8,10H2,1-3H3. The number of hydrogen-bond donors (Lipinski definition) is 1. The Morgan fingerprint density at radius 2 is 2.11 bits per heavy atom. The third-order valence-electron chi connectivity index (χ3n) is 3.28. The molecule has 0 amide bonds. The van der Waals surface area contributed by atoms with E-state index in [2.05, 4.69) is 55.6 Å². The molecule has 1 heterocycles. The van der Waals surface area contributed by atoms with E-state index in [0.29, 0.717) is 0 Å². The second-order valence-corrected chi connectivity index (χ2v) is 4.92. The second kappa shape index (κ2) is 6.53. The van der Waals surface area contributed by atoms with Gasteiger partial charge in [-0.1, -0.05) is 30.7 Å². The molecule has 1 N–H and O–H groups in total. The highest BCUT2D eigenvalue weighted by Crippen LogP contribution is 2.24. The van der Waals surface area contributed by atoms with Crippen molar-refractivity contribution in [3.8, 4) is 11.1 Å². The van der Waals surface area contributed by atoms with Crippen LogP contribution < -0.4 is 5.32 Å². The molecule has 0 aliphatic heterocycles. The molecule has 0 saturated carbocycles. The molecule has 19 heavy (non-hydrogen) atoms. The van der Waals surface area contributed by atoms with Gasteiger partial charge >= 0.3 is 0 Å². The molecular formula is C16H23N3. The number of aryl methyl sites for hydroxylation is 2. The fraction of sp³-hybridized carbons (Fsp3) is 0.438. The van der Waals surface area contributed by atoms with Crippen LogP contribution in [0.25, 0.3) is 11.1 Å². The smallest absolute Gasteiger partial charge is 0.0568 e. The lowest BCUT2D eigenvalue weighted by atomic mass is 10.00. The van der Waals surface area contributed by atoms with Gasteiger partial charge in [-0.15, -0.1) is 0 Å². The molecule has 1 aromatic carbocycles. The van der Waals surface area contributed by atoms with Crippen molar-refractivity contribution >= 4 is 0 Å². The largest absolute Gasteiger partial charge is 0.313 e. The maximum Gasteiger partial charge on any atom is 0.0568 e. The number of aromatic nitrogens is 2. The van der Waals surface area contributed by atoms with Gasteiger partial charge in [-0.05, 0) is 37.9 Å². The summed E-state index contributed by atoms with van der Waals surface area (Å²) in [6, 6.07) is 6.65. The SMILES string of the molecule is CCCNCc1ccc(C)cc1-c1cnn(CC)c1. The Morgan fingerprint density at radius 1 is 1.26 bits per heavy atom. The Balaban J connectivity index is 2.28. The predicted octanol–water partition coefficient (Wildman–Crippen LogP) is 3.38. The van der Waals surface area contributed by atoms with Crippen molar-refractivity contribution < 1.29 is 0 Å². The maximum absolute atomic E-state index is 4.37. The molecule has 3 heteroatoms. The number of rotatable bonds is 6. The molecule has 0 bridgehead atoms. The Hall–Kier alpha value is -1.61. The molecule has 0 saturated heterocycles. The van der Waals surface area contributed by atoms with Crippen LogP contribution in [0.4, 0.5) is 0 Å². The molecule has 0 aliphatic rings. The fourth-order valence-corrected chi connectivity index (χ4v) is 2.19. The maximum atomic E-state index is 4.37. The summed E-state index contributed by atoms with van der Waals surface area (Å²) < 4.78 is 1.97. The molecule has 0 aliphatic carbocycles. The topological polar surface area (TPSA) is 29.9 Å². The minimum atomic E-state index is 0.912. The van der Waals surface area contributed by atoms with Gasteiger partial charge in [0.2, 0.25) is 0 Å². The Labute approximate surface area is 115 Å². The van der Waals surface area contributed by atoms with Gasteiger partial charge in [-0.3, -0.25) is 4.68 Å². The van der Waals surface area contributed by atoms with E-state index in [1.165, 1.54) is 22.3 Å². The summed E-state index contributed by atoms with van der Waals surface area (Å²) in [6.45, 7) is 9.32. The highest BCUT2D eigenvalue weighted by molar-refractivity contribution is 5.66. The first kappa shape index (κ1) is 13.8. The minimum Gasteiger partial charge on any atom is -0.313 e. The van der Waals surface area contributed by atoms with Crippen molar-refractivity contribution in [2.45, 2.75) is 40.3 Å². The van der Waals surface area contributed by atoms with Gasteiger partial charge in [0.05, 0.1) is 6.20 Å². The average molecular weight is 257 g/mol. The van der Waals surface area contributed by atoms with Crippen LogP contribution in [0.2, 0.25) is 0 Å². The van der Waals surface area contributed by atoms with E-state index in [1.54, 1.807) is 0 Å². The molecule has 0 radical (unpaired) electrons. The molecule has 0 unspecified atom stereocenters. The van der Waals surface area contributed by atoms with Gasteiger partial charge in [0.1, 0.15) is 0 Å². The van der Waals surface area contributed by atoms with Gasteiger partial charge in [0.15, 0.2) is 0 Å². The Morgan fingerprint density at radius 3 is 2.79 bits per heavy atom. The van der Waals surface area contributed by atoms with Crippen LogP contribution in [0, 0.1) is 6.92 Å². The summed E-state index contributed by atoms with van der Waals surface area (Å²) in [5.74, 6) is 0. The summed E-state index contributed by atoms with van der Waals surface area (Å²) in [7, 11) is 0. The molecule has 0 spiro atoms. The van der Waals surface area contributed by atoms with E-state index in [9.17, 15) is 0 Å². The van der Waals surface area contributed by atoms with Crippen LogP contribution in [0.15, 0.2) is 30.6 Å². The molecule has 2 rings (SSSR count). The Kier molecular flexibility index (Phi) is 4.74. The zero-order chi connectivity index (χ0) is 13.7. The summed E-state index contributed by atoms with van der Waals surface area (Å²) in [6.07, 6.45) is 5.24.